The maximum Gasteiger partial charge on any atom is 0.351 e. The summed E-state index contributed by atoms with van der Waals surface area (Å²) in [5.74, 6) is 0.0412. The fraction of sp³-hybridized carbons (Fsp3) is 0.667. The van der Waals surface area contributed by atoms with Crippen LogP contribution in [0.25, 0.3) is 0 Å². The quantitative estimate of drug-likeness (QED) is 0.635. The average molecular weight is 299 g/mol. The largest absolute Gasteiger partial charge is 0.394 e. The number of nitrogens with zero attached hydrogens (tertiary/aromatic N) is 2. The Hall–Kier alpha value is -1.52. The van der Waals surface area contributed by atoms with Crippen molar-refractivity contribution < 1.29 is 24.5 Å². The molecule has 5 atom stereocenters. The van der Waals surface area contributed by atoms with Gasteiger partial charge in [-0.15, -0.1) is 0 Å². The van der Waals surface area contributed by atoms with E-state index in [1.165, 1.54) is 16.8 Å². The summed E-state index contributed by atoms with van der Waals surface area (Å²) in [5.41, 5.74) is 1.21. The van der Waals surface area contributed by atoms with Crippen LogP contribution in [0.15, 0.2) is 17.1 Å². The molecule has 2 saturated heterocycles. The lowest BCUT2D eigenvalue weighted by molar-refractivity contribution is -0.152. The summed E-state index contributed by atoms with van der Waals surface area (Å²) in [6, 6.07) is 1.43. The van der Waals surface area contributed by atoms with Gasteiger partial charge in [0.1, 0.15) is 18.3 Å². The van der Waals surface area contributed by atoms with Crippen LogP contribution in [0.3, 0.4) is 0 Å². The third-order valence-corrected chi connectivity index (χ3v) is 3.64. The molecule has 2 aliphatic rings. The number of rotatable bonds is 4. The minimum absolute atomic E-state index is 0.0412. The van der Waals surface area contributed by atoms with E-state index in [4.69, 9.17) is 19.4 Å². The summed E-state index contributed by atoms with van der Waals surface area (Å²) in [6.07, 6.45) is -0.457. The molecule has 1 unspecified atom stereocenters. The molecular formula is C12H17N3O6. The van der Waals surface area contributed by atoms with Crippen LogP contribution < -0.4 is 11.2 Å². The lowest BCUT2D eigenvalue weighted by Gasteiger charge is -2.20. The molecule has 21 heavy (non-hydrogen) atoms. The zero-order valence-electron chi connectivity index (χ0n) is 11.4. The molecule has 3 N–H and O–H groups in total. The molecule has 116 valence electrons. The van der Waals surface area contributed by atoms with Crippen LogP contribution in [0.2, 0.25) is 0 Å². The zero-order valence-corrected chi connectivity index (χ0v) is 11.4. The van der Waals surface area contributed by atoms with E-state index in [1.807, 2.05) is 6.92 Å². The van der Waals surface area contributed by atoms with Crippen molar-refractivity contribution in [3.05, 3.63) is 22.7 Å². The zero-order chi connectivity index (χ0) is 15.0. The van der Waals surface area contributed by atoms with E-state index in [2.05, 4.69) is 4.98 Å². The molecule has 0 spiro atoms. The van der Waals surface area contributed by atoms with Crippen LogP contribution in [0.4, 0.5) is 5.82 Å². The molecule has 0 bridgehead atoms. The van der Waals surface area contributed by atoms with Gasteiger partial charge in [0.2, 0.25) is 0 Å². The number of fused-ring (bicyclic) bond motifs is 1. The van der Waals surface area contributed by atoms with E-state index in [0.717, 1.165) is 0 Å². The monoisotopic (exact) mass is 299 g/mol. The predicted molar refractivity (Wildman–Crippen MR) is 68.7 cm³/mol. The first-order valence-electron chi connectivity index (χ1n) is 6.74. The van der Waals surface area contributed by atoms with Crippen LogP contribution in [0.1, 0.15) is 19.6 Å². The first-order valence-corrected chi connectivity index (χ1v) is 6.74. The molecule has 3 rings (SSSR count). The normalized spacial score (nSPS) is 34.9. The van der Waals surface area contributed by atoms with E-state index in [9.17, 15) is 9.90 Å². The molecule has 0 amide bonds. The Bertz CT molecular complexity index is 564. The molecule has 0 aliphatic carbocycles. The maximum absolute atomic E-state index is 12.0. The molecule has 2 fully saturated rings. The molecule has 9 nitrogen and oxygen atoms in total. The number of aliphatic hydroxyl groups excluding tert-OH is 1. The summed E-state index contributed by atoms with van der Waals surface area (Å²) >= 11 is 0. The standard InChI is InChI=1S/C12H17N3O6/c1-2-8-20-9-6(5-16)19-11(10(9)21-8)15-4-3-7(14-18)13-12(15)17/h3-4,6,8-11,16,18H,2,5H2,1H3,(H,13,14,17)/t6-,8?,9-,10-,11-/m1/s1. The second kappa shape index (κ2) is 5.70. The molecular weight excluding hydrogens is 282 g/mol. The summed E-state index contributed by atoms with van der Waals surface area (Å²) in [7, 11) is 0. The minimum atomic E-state index is -0.726. The molecule has 1 aromatic heterocycles. The number of nitrogens with one attached hydrogen (secondary N) is 1. The third kappa shape index (κ3) is 2.43. The SMILES string of the molecule is CCC1O[C@@H]2[C@H](O1)[C@@H](CO)O[C@H]2n1ccc(NO)nc1=O. The van der Waals surface area contributed by atoms with Crippen molar-refractivity contribution in [2.24, 2.45) is 0 Å². The molecule has 0 radical (unpaired) electrons. The fourth-order valence-electron chi connectivity index (χ4n) is 2.63. The smallest absolute Gasteiger partial charge is 0.351 e. The second-order valence-electron chi connectivity index (χ2n) is 4.90. The van der Waals surface area contributed by atoms with Crippen LogP contribution in [0, 0.1) is 0 Å². The Morgan fingerprint density at radius 2 is 2.14 bits per heavy atom. The maximum atomic E-state index is 12.0. The van der Waals surface area contributed by atoms with Gasteiger partial charge in [0.15, 0.2) is 18.3 Å². The summed E-state index contributed by atoms with van der Waals surface area (Å²) in [4.78, 5) is 15.6. The van der Waals surface area contributed by atoms with E-state index < -0.39 is 30.2 Å². The van der Waals surface area contributed by atoms with Gasteiger partial charge in [0, 0.05) is 6.20 Å². The average Bonchev–Trinajstić information content (AvgIpc) is 3.05. The van der Waals surface area contributed by atoms with Crippen molar-refractivity contribution >= 4 is 5.82 Å². The Morgan fingerprint density at radius 3 is 2.76 bits per heavy atom. The van der Waals surface area contributed by atoms with E-state index in [1.54, 1.807) is 5.48 Å². The van der Waals surface area contributed by atoms with Crippen molar-refractivity contribution in [2.75, 3.05) is 12.1 Å². The van der Waals surface area contributed by atoms with Crippen LogP contribution in [0.5, 0.6) is 0 Å². The highest BCUT2D eigenvalue weighted by Crippen LogP contribution is 2.39. The first kappa shape index (κ1) is 14.4. The Kier molecular flexibility index (Phi) is 3.91. The third-order valence-electron chi connectivity index (χ3n) is 3.64. The van der Waals surface area contributed by atoms with Gasteiger partial charge in [-0.2, -0.15) is 4.98 Å². The number of aromatic nitrogens is 2. The van der Waals surface area contributed by atoms with Gasteiger partial charge in [-0.1, -0.05) is 6.92 Å². The Labute approximate surface area is 120 Å². The van der Waals surface area contributed by atoms with E-state index in [-0.39, 0.29) is 18.7 Å². The highest BCUT2D eigenvalue weighted by atomic mass is 16.8. The van der Waals surface area contributed by atoms with Gasteiger partial charge in [0.05, 0.1) is 6.61 Å². The highest BCUT2D eigenvalue weighted by molar-refractivity contribution is 5.28. The fourth-order valence-corrected chi connectivity index (χ4v) is 2.63. The molecule has 9 heteroatoms. The van der Waals surface area contributed by atoms with Gasteiger partial charge in [-0.3, -0.25) is 15.3 Å². The van der Waals surface area contributed by atoms with Crippen molar-refractivity contribution in [1.29, 1.82) is 0 Å². The Morgan fingerprint density at radius 1 is 1.38 bits per heavy atom. The van der Waals surface area contributed by atoms with Crippen molar-refractivity contribution in [2.45, 2.75) is 44.2 Å². The second-order valence-corrected chi connectivity index (χ2v) is 4.90. The highest BCUT2D eigenvalue weighted by Gasteiger charge is 2.53. The summed E-state index contributed by atoms with van der Waals surface area (Å²) in [6.45, 7) is 1.70. The van der Waals surface area contributed by atoms with Crippen LogP contribution >= 0.6 is 0 Å². The van der Waals surface area contributed by atoms with E-state index >= 15 is 0 Å². The number of anilines is 1. The Balaban J connectivity index is 1.90. The topological polar surface area (TPSA) is 115 Å². The lowest BCUT2D eigenvalue weighted by Crippen LogP contribution is -2.34. The molecule has 1 aromatic rings. The molecule has 2 aliphatic heterocycles. The molecule has 3 heterocycles. The van der Waals surface area contributed by atoms with Gasteiger partial charge in [0.25, 0.3) is 0 Å². The lowest BCUT2D eigenvalue weighted by atomic mass is 10.1. The van der Waals surface area contributed by atoms with E-state index in [0.29, 0.717) is 6.42 Å². The minimum Gasteiger partial charge on any atom is -0.394 e. The van der Waals surface area contributed by atoms with Crippen LogP contribution in [-0.4, -0.2) is 51.1 Å². The summed E-state index contributed by atoms with van der Waals surface area (Å²) in [5, 5.41) is 18.1. The predicted octanol–water partition coefficient (Wildman–Crippen LogP) is -0.546. The van der Waals surface area contributed by atoms with Crippen LogP contribution in [-0.2, 0) is 14.2 Å². The van der Waals surface area contributed by atoms with Gasteiger partial charge < -0.3 is 19.3 Å². The number of hydrogen-bond acceptors (Lipinski definition) is 8. The molecule has 0 aromatic carbocycles. The summed E-state index contributed by atoms with van der Waals surface area (Å²) < 4.78 is 18.3. The molecule has 0 saturated carbocycles. The number of hydrogen-bond donors (Lipinski definition) is 3. The van der Waals surface area contributed by atoms with Crippen molar-refractivity contribution in [1.82, 2.24) is 9.55 Å². The first-order chi connectivity index (χ1) is 10.2. The van der Waals surface area contributed by atoms with Gasteiger partial charge >= 0.3 is 5.69 Å². The number of ether oxygens (including phenoxy) is 3. The van der Waals surface area contributed by atoms with Crippen molar-refractivity contribution in [3.63, 3.8) is 0 Å². The van der Waals surface area contributed by atoms with Gasteiger partial charge in [-0.25, -0.2) is 4.79 Å². The van der Waals surface area contributed by atoms with Crippen molar-refractivity contribution in [3.8, 4) is 0 Å². The van der Waals surface area contributed by atoms with Gasteiger partial charge in [-0.05, 0) is 12.5 Å². The number of aliphatic hydroxyl groups is 1.